The molecule has 0 fully saturated rings. The van der Waals surface area contributed by atoms with Crippen LogP contribution in [0.15, 0.2) is 60.7 Å². The van der Waals surface area contributed by atoms with Crippen LogP contribution in [0.1, 0.15) is 5.56 Å². The lowest BCUT2D eigenvalue weighted by Crippen LogP contribution is -2.41. The molecule has 1 amide bonds. The van der Waals surface area contributed by atoms with E-state index in [0.29, 0.717) is 5.75 Å². The lowest BCUT2D eigenvalue weighted by molar-refractivity contribution is -0.133. The summed E-state index contributed by atoms with van der Waals surface area (Å²) in [7, 11) is 0. The van der Waals surface area contributed by atoms with Crippen molar-refractivity contribution in [2.75, 3.05) is 23.3 Å². The van der Waals surface area contributed by atoms with Gasteiger partial charge in [0.15, 0.2) is 5.75 Å². The maximum Gasteiger partial charge on any atom is 0.331 e. The first-order valence-electron chi connectivity index (χ1n) is 8.44. The van der Waals surface area contributed by atoms with Crippen molar-refractivity contribution in [3.05, 3.63) is 66.2 Å². The summed E-state index contributed by atoms with van der Waals surface area (Å²) in [6, 6.07) is 19.2. The largest absolute Gasteiger partial charge is 0.423 e. The summed E-state index contributed by atoms with van der Waals surface area (Å²) in [5.41, 5.74) is 2.57. The first-order chi connectivity index (χ1) is 12.6. The lowest BCUT2D eigenvalue weighted by atomic mass is 10.1. The second-order valence-electron chi connectivity index (χ2n) is 6.38. The molecular weight excluding hydrogens is 328 g/mol. The highest BCUT2D eigenvalue weighted by atomic mass is 16.5. The molecule has 3 aromatic rings. The molecule has 0 spiro atoms. The molecule has 0 saturated heterocycles. The highest BCUT2D eigenvalue weighted by Crippen LogP contribution is 2.32. The Morgan fingerprint density at radius 3 is 2.81 bits per heavy atom. The molecule has 5 heteroatoms. The SMILES string of the molecule is Cc1ccc2c(c1)N(CC(=O)Nc1cccc3ccccc13)CC(=O)O2. The average Bonchev–Trinajstić information content (AvgIpc) is 2.62. The quantitative estimate of drug-likeness (QED) is 0.582. The minimum atomic E-state index is -0.362. The van der Waals surface area contributed by atoms with Crippen LogP contribution in [0.5, 0.6) is 5.75 Å². The average molecular weight is 346 g/mol. The molecule has 1 heterocycles. The molecule has 26 heavy (non-hydrogen) atoms. The molecule has 0 unspecified atom stereocenters. The molecule has 4 rings (SSSR count). The maximum absolute atomic E-state index is 12.6. The second kappa shape index (κ2) is 6.52. The molecule has 0 saturated carbocycles. The van der Waals surface area contributed by atoms with Crippen LogP contribution in [-0.4, -0.2) is 25.0 Å². The molecule has 1 N–H and O–H groups in total. The van der Waals surface area contributed by atoms with Crippen molar-refractivity contribution < 1.29 is 14.3 Å². The van der Waals surface area contributed by atoms with Crippen LogP contribution in [0.25, 0.3) is 10.8 Å². The molecule has 0 radical (unpaired) electrons. The van der Waals surface area contributed by atoms with Crippen LogP contribution in [0.2, 0.25) is 0 Å². The predicted molar refractivity (Wildman–Crippen MR) is 102 cm³/mol. The summed E-state index contributed by atoms with van der Waals surface area (Å²) in [4.78, 5) is 26.2. The van der Waals surface area contributed by atoms with Gasteiger partial charge in [0.25, 0.3) is 0 Å². The molecule has 0 aromatic heterocycles. The Labute approximate surface area is 151 Å². The fourth-order valence-corrected chi connectivity index (χ4v) is 3.20. The smallest absolute Gasteiger partial charge is 0.331 e. The number of fused-ring (bicyclic) bond motifs is 2. The Bertz CT molecular complexity index is 1010. The lowest BCUT2D eigenvalue weighted by Gasteiger charge is -2.29. The van der Waals surface area contributed by atoms with Gasteiger partial charge in [-0.15, -0.1) is 0 Å². The number of benzene rings is 3. The van der Waals surface area contributed by atoms with Gasteiger partial charge in [-0.2, -0.15) is 0 Å². The van der Waals surface area contributed by atoms with Crippen LogP contribution in [0.4, 0.5) is 11.4 Å². The summed E-state index contributed by atoms with van der Waals surface area (Å²) < 4.78 is 5.26. The van der Waals surface area contributed by atoms with Crippen molar-refractivity contribution in [3.63, 3.8) is 0 Å². The summed E-state index contributed by atoms with van der Waals surface area (Å²) in [5, 5.41) is 5.01. The molecular formula is C21H18N2O3. The number of carbonyl (C=O) groups excluding carboxylic acids is 2. The number of nitrogens with one attached hydrogen (secondary N) is 1. The number of hydrogen-bond acceptors (Lipinski definition) is 4. The highest BCUT2D eigenvalue weighted by molar-refractivity contribution is 6.04. The third kappa shape index (κ3) is 3.11. The van der Waals surface area contributed by atoms with E-state index in [2.05, 4.69) is 5.32 Å². The Morgan fingerprint density at radius 1 is 1.12 bits per heavy atom. The molecule has 1 aliphatic rings. The van der Waals surface area contributed by atoms with Gasteiger partial charge in [-0.1, -0.05) is 42.5 Å². The van der Waals surface area contributed by atoms with E-state index < -0.39 is 0 Å². The molecule has 0 bridgehead atoms. The number of aryl methyl sites for hydroxylation is 1. The van der Waals surface area contributed by atoms with E-state index in [9.17, 15) is 9.59 Å². The van der Waals surface area contributed by atoms with E-state index >= 15 is 0 Å². The number of carbonyl (C=O) groups is 2. The van der Waals surface area contributed by atoms with Gasteiger partial charge >= 0.3 is 5.97 Å². The van der Waals surface area contributed by atoms with Crippen molar-refractivity contribution in [2.45, 2.75) is 6.92 Å². The summed E-state index contributed by atoms with van der Waals surface area (Å²) >= 11 is 0. The van der Waals surface area contributed by atoms with Crippen molar-refractivity contribution in [1.29, 1.82) is 0 Å². The predicted octanol–water partition coefficient (Wildman–Crippen LogP) is 3.51. The molecule has 3 aromatic carbocycles. The van der Waals surface area contributed by atoms with E-state index in [1.165, 1.54) is 0 Å². The van der Waals surface area contributed by atoms with E-state index in [1.54, 1.807) is 11.0 Å². The summed E-state index contributed by atoms with van der Waals surface area (Å²) in [5.74, 6) is -0.0485. The standard InChI is InChI=1S/C21H18N2O3/c1-14-9-10-19-18(11-14)23(13-21(25)26-19)12-20(24)22-17-8-4-6-15-5-2-3-7-16(15)17/h2-11H,12-13H2,1H3,(H,22,24). The number of esters is 1. The van der Waals surface area contributed by atoms with Gasteiger partial charge in [0.05, 0.1) is 12.2 Å². The Balaban J connectivity index is 1.57. The number of ether oxygens (including phenoxy) is 1. The van der Waals surface area contributed by atoms with Crippen LogP contribution in [-0.2, 0) is 9.59 Å². The third-order valence-electron chi connectivity index (χ3n) is 4.40. The number of hydrogen-bond donors (Lipinski definition) is 1. The van der Waals surface area contributed by atoms with Crippen molar-refractivity contribution in [3.8, 4) is 5.75 Å². The third-order valence-corrected chi connectivity index (χ3v) is 4.40. The van der Waals surface area contributed by atoms with Gasteiger partial charge in [0, 0.05) is 11.1 Å². The van der Waals surface area contributed by atoms with Crippen LogP contribution in [0.3, 0.4) is 0 Å². The first-order valence-corrected chi connectivity index (χ1v) is 8.44. The molecule has 130 valence electrons. The fourth-order valence-electron chi connectivity index (χ4n) is 3.20. The number of amides is 1. The van der Waals surface area contributed by atoms with Gasteiger partial charge in [0.1, 0.15) is 6.54 Å². The van der Waals surface area contributed by atoms with E-state index in [4.69, 9.17) is 4.74 Å². The minimum absolute atomic E-state index is 0.0550. The van der Waals surface area contributed by atoms with Crippen molar-refractivity contribution >= 4 is 34.0 Å². The zero-order valence-corrected chi connectivity index (χ0v) is 14.4. The second-order valence-corrected chi connectivity index (χ2v) is 6.38. The van der Waals surface area contributed by atoms with E-state index in [1.807, 2.05) is 61.5 Å². The fraction of sp³-hybridized carbons (Fsp3) is 0.143. The van der Waals surface area contributed by atoms with Crippen LogP contribution < -0.4 is 15.0 Å². The van der Waals surface area contributed by atoms with Gasteiger partial charge in [-0.3, -0.25) is 4.79 Å². The van der Waals surface area contributed by atoms with Gasteiger partial charge in [-0.25, -0.2) is 4.79 Å². The topological polar surface area (TPSA) is 58.6 Å². The zero-order valence-electron chi connectivity index (χ0n) is 14.4. The van der Waals surface area contributed by atoms with Crippen molar-refractivity contribution in [1.82, 2.24) is 0 Å². The number of rotatable bonds is 3. The Kier molecular flexibility index (Phi) is 4.05. The van der Waals surface area contributed by atoms with E-state index in [-0.39, 0.29) is 25.0 Å². The normalized spacial score (nSPS) is 13.3. The molecule has 5 nitrogen and oxygen atoms in total. The molecule has 0 atom stereocenters. The molecule has 0 aliphatic carbocycles. The maximum atomic E-state index is 12.6. The van der Waals surface area contributed by atoms with Gasteiger partial charge < -0.3 is 15.0 Å². The summed E-state index contributed by atoms with van der Waals surface area (Å²) in [6.07, 6.45) is 0. The summed E-state index contributed by atoms with van der Waals surface area (Å²) in [6.45, 7) is 2.10. The molecule has 1 aliphatic heterocycles. The first kappa shape index (κ1) is 16.1. The van der Waals surface area contributed by atoms with Gasteiger partial charge in [0.2, 0.25) is 5.91 Å². The Hall–Kier alpha value is -3.34. The zero-order chi connectivity index (χ0) is 18.1. The van der Waals surface area contributed by atoms with Crippen LogP contribution in [0, 0.1) is 6.92 Å². The van der Waals surface area contributed by atoms with Crippen molar-refractivity contribution in [2.24, 2.45) is 0 Å². The van der Waals surface area contributed by atoms with Gasteiger partial charge in [-0.05, 0) is 36.1 Å². The number of anilines is 2. The van der Waals surface area contributed by atoms with Crippen LogP contribution >= 0.6 is 0 Å². The minimum Gasteiger partial charge on any atom is -0.423 e. The monoisotopic (exact) mass is 346 g/mol. The number of nitrogens with zero attached hydrogens (tertiary/aromatic N) is 1. The van der Waals surface area contributed by atoms with E-state index in [0.717, 1.165) is 27.7 Å². The highest BCUT2D eigenvalue weighted by Gasteiger charge is 2.25. The Morgan fingerprint density at radius 2 is 1.92 bits per heavy atom.